The van der Waals surface area contributed by atoms with Crippen molar-refractivity contribution in [1.82, 2.24) is 15.1 Å². The maximum atomic E-state index is 13.1. The summed E-state index contributed by atoms with van der Waals surface area (Å²) in [6.45, 7) is 6.48. The Labute approximate surface area is 185 Å². The van der Waals surface area contributed by atoms with E-state index in [-0.39, 0.29) is 30.3 Å². The lowest BCUT2D eigenvalue weighted by Gasteiger charge is -2.33. The summed E-state index contributed by atoms with van der Waals surface area (Å²) >= 11 is 0. The molecule has 162 valence electrons. The Morgan fingerprint density at radius 3 is 2.62 bits per heavy atom. The van der Waals surface area contributed by atoms with Crippen LogP contribution in [0.25, 0.3) is 0 Å². The number of nitrogens with zero attached hydrogens (tertiary/aromatic N) is 4. The van der Waals surface area contributed by atoms with Gasteiger partial charge in [0.1, 0.15) is 11.9 Å². The van der Waals surface area contributed by atoms with E-state index < -0.39 is 0 Å². The van der Waals surface area contributed by atoms with Crippen molar-refractivity contribution in [2.45, 2.75) is 38.3 Å². The number of aliphatic imine (C=N–C) groups is 1. The molecule has 0 bridgehead atoms. The van der Waals surface area contributed by atoms with E-state index in [2.05, 4.69) is 31.2 Å². The summed E-state index contributed by atoms with van der Waals surface area (Å²) in [7, 11) is 0. The first-order chi connectivity index (χ1) is 15.4. The molecule has 2 amide bonds. The molecule has 8 nitrogen and oxygen atoms in total. The fraction of sp³-hybridized carbons (Fsp3) is 0.292. The molecule has 3 aliphatic heterocycles. The zero-order chi connectivity index (χ0) is 22.0. The number of nitrogens with one attached hydrogen (secondary N) is 1. The van der Waals surface area contributed by atoms with Crippen LogP contribution in [0, 0.1) is 0 Å². The van der Waals surface area contributed by atoms with Gasteiger partial charge < -0.3 is 9.47 Å². The van der Waals surface area contributed by atoms with Crippen LogP contribution >= 0.6 is 0 Å². The summed E-state index contributed by atoms with van der Waals surface area (Å²) in [6.07, 6.45) is 1.88. The van der Waals surface area contributed by atoms with Crippen molar-refractivity contribution in [1.29, 1.82) is 0 Å². The molecular formula is C24H23N5O3. The lowest BCUT2D eigenvalue weighted by Crippen LogP contribution is -2.42. The van der Waals surface area contributed by atoms with Crippen LogP contribution in [0.5, 0.6) is 11.5 Å². The second kappa shape index (κ2) is 6.59. The second-order valence-corrected chi connectivity index (χ2v) is 9.17. The number of benzene rings is 2. The number of hydrogen-bond acceptors (Lipinski definition) is 5. The molecule has 6 rings (SSSR count). The molecule has 0 aliphatic carbocycles. The van der Waals surface area contributed by atoms with Gasteiger partial charge in [-0.3, -0.25) is 10.2 Å². The van der Waals surface area contributed by atoms with Crippen molar-refractivity contribution in [3.63, 3.8) is 0 Å². The quantitative estimate of drug-likeness (QED) is 0.664. The SMILES string of the molecule is CC(C)(C)n1ncc2c1N=C1NC(=O)N(c3ccccc3)[C@@H]1[C@@H]2c1ccc2c(c1)OCO2. The van der Waals surface area contributed by atoms with Gasteiger partial charge in [-0.2, -0.15) is 5.10 Å². The molecule has 0 unspecified atom stereocenters. The smallest absolute Gasteiger partial charge is 0.328 e. The van der Waals surface area contributed by atoms with Crippen molar-refractivity contribution in [2.75, 3.05) is 11.7 Å². The van der Waals surface area contributed by atoms with Gasteiger partial charge in [-0.15, -0.1) is 0 Å². The summed E-state index contributed by atoms with van der Waals surface area (Å²) < 4.78 is 13.1. The van der Waals surface area contributed by atoms with Crippen molar-refractivity contribution >= 4 is 23.4 Å². The van der Waals surface area contributed by atoms with E-state index in [9.17, 15) is 4.79 Å². The number of carbonyl (C=O) groups excluding carboxylic acids is 1. The molecule has 1 saturated heterocycles. The molecule has 2 aromatic carbocycles. The summed E-state index contributed by atoms with van der Waals surface area (Å²) in [6, 6.07) is 15.1. The van der Waals surface area contributed by atoms with E-state index in [0.29, 0.717) is 11.6 Å². The van der Waals surface area contributed by atoms with Crippen molar-refractivity contribution < 1.29 is 14.3 Å². The second-order valence-electron chi connectivity index (χ2n) is 9.17. The number of carbonyl (C=O) groups is 1. The molecule has 0 saturated carbocycles. The Hall–Kier alpha value is -3.81. The van der Waals surface area contributed by atoms with Crippen LogP contribution in [0.3, 0.4) is 0 Å². The van der Waals surface area contributed by atoms with Gasteiger partial charge in [0.05, 0.1) is 11.7 Å². The normalized spacial score (nSPS) is 21.2. The standard InChI is InChI=1S/C24H23N5O3/c1-24(2,3)29-22-16(12-25-29)19(14-9-10-17-18(11-14)32-13-31-17)20-21(26-22)27-23(30)28(20)15-7-5-4-6-8-15/h4-12,19-20H,13H2,1-3H3,(H,26,27,30)/t19-,20-/m1/s1. The fourth-order valence-corrected chi connectivity index (χ4v) is 4.69. The minimum absolute atomic E-state index is 0.178. The zero-order valence-electron chi connectivity index (χ0n) is 18.1. The topological polar surface area (TPSA) is 81.0 Å². The summed E-state index contributed by atoms with van der Waals surface area (Å²) in [4.78, 5) is 19.8. The minimum Gasteiger partial charge on any atom is -0.454 e. The first-order valence-electron chi connectivity index (χ1n) is 10.6. The van der Waals surface area contributed by atoms with Crippen LogP contribution in [0.1, 0.15) is 37.8 Å². The Balaban J connectivity index is 1.56. The molecular weight excluding hydrogens is 406 g/mol. The number of amides is 2. The van der Waals surface area contributed by atoms with Gasteiger partial charge in [0.15, 0.2) is 17.3 Å². The highest BCUT2D eigenvalue weighted by Gasteiger charge is 2.48. The van der Waals surface area contributed by atoms with E-state index in [1.54, 1.807) is 4.90 Å². The molecule has 1 fully saturated rings. The largest absolute Gasteiger partial charge is 0.454 e. The van der Waals surface area contributed by atoms with Crippen LogP contribution in [-0.4, -0.2) is 34.5 Å². The summed E-state index contributed by atoms with van der Waals surface area (Å²) in [5.41, 5.74) is 2.55. The number of fused-ring (bicyclic) bond motifs is 3. The van der Waals surface area contributed by atoms with Crippen LogP contribution in [0.15, 0.2) is 59.7 Å². The van der Waals surface area contributed by atoms with Gasteiger partial charge >= 0.3 is 6.03 Å². The molecule has 4 heterocycles. The molecule has 1 aromatic heterocycles. The number of rotatable bonds is 2. The first kappa shape index (κ1) is 18.9. The molecule has 0 spiro atoms. The number of aromatic nitrogens is 2. The van der Waals surface area contributed by atoms with Gasteiger partial charge in [-0.25, -0.2) is 14.5 Å². The van der Waals surface area contributed by atoms with Crippen molar-refractivity contribution in [3.05, 3.63) is 65.9 Å². The van der Waals surface area contributed by atoms with Gasteiger partial charge in [0.25, 0.3) is 0 Å². The average Bonchev–Trinajstić information content (AvgIpc) is 3.47. The van der Waals surface area contributed by atoms with Crippen molar-refractivity contribution in [3.8, 4) is 11.5 Å². The van der Waals surface area contributed by atoms with E-state index in [0.717, 1.165) is 28.4 Å². The molecule has 3 aromatic rings. The maximum Gasteiger partial charge on any atom is 0.328 e. The molecule has 8 heteroatoms. The first-order valence-corrected chi connectivity index (χ1v) is 10.6. The highest BCUT2D eigenvalue weighted by molar-refractivity contribution is 6.18. The molecule has 1 N–H and O–H groups in total. The van der Waals surface area contributed by atoms with E-state index in [4.69, 9.17) is 14.5 Å². The average molecular weight is 429 g/mol. The number of para-hydroxylation sites is 1. The van der Waals surface area contributed by atoms with Crippen LogP contribution in [-0.2, 0) is 5.54 Å². The number of ether oxygens (including phenoxy) is 2. The molecule has 32 heavy (non-hydrogen) atoms. The number of hydrogen-bond donors (Lipinski definition) is 1. The molecule has 0 radical (unpaired) electrons. The fourth-order valence-electron chi connectivity index (χ4n) is 4.69. The molecule has 3 aliphatic rings. The Kier molecular flexibility index (Phi) is 3.90. The predicted molar refractivity (Wildman–Crippen MR) is 120 cm³/mol. The molecule has 2 atom stereocenters. The Morgan fingerprint density at radius 2 is 1.84 bits per heavy atom. The summed E-state index contributed by atoms with van der Waals surface area (Å²) in [5.74, 6) is 2.65. The zero-order valence-corrected chi connectivity index (χ0v) is 18.1. The third kappa shape index (κ3) is 2.72. The lowest BCUT2D eigenvalue weighted by atomic mass is 9.83. The van der Waals surface area contributed by atoms with Crippen LogP contribution in [0.4, 0.5) is 16.3 Å². The van der Waals surface area contributed by atoms with E-state index in [1.165, 1.54) is 0 Å². The van der Waals surface area contributed by atoms with Crippen molar-refractivity contribution in [2.24, 2.45) is 4.99 Å². The number of amidine groups is 1. The third-order valence-electron chi connectivity index (χ3n) is 6.09. The minimum atomic E-state index is -0.324. The van der Waals surface area contributed by atoms with Gasteiger partial charge in [-0.05, 0) is 50.6 Å². The highest BCUT2D eigenvalue weighted by Crippen LogP contribution is 2.46. The van der Waals surface area contributed by atoms with Gasteiger partial charge in [0, 0.05) is 17.2 Å². The predicted octanol–water partition coefficient (Wildman–Crippen LogP) is 4.14. The summed E-state index contributed by atoms with van der Waals surface area (Å²) in [5, 5.41) is 7.69. The maximum absolute atomic E-state index is 13.1. The van der Waals surface area contributed by atoms with Crippen LogP contribution in [0.2, 0.25) is 0 Å². The monoisotopic (exact) mass is 429 g/mol. The number of urea groups is 1. The van der Waals surface area contributed by atoms with Gasteiger partial charge in [0.2, 0.25) is 6.79 Å². The third-order valence-corrected chi connectivity index (χ3v) is 6.09. The lowest BCUT2D eigenvalue weighted by molar-refractivity contribution is 0.174. The number of anilines is 1. The Morgan fingerprint density at radius 1 is 1.06 bits per heavy atom. The van der Waals surface area contributed by atoms with Gasteiger partial charge in [-0.1, -0.05) is 24.3 Å². The van der Waals surface area contributed by atoms with E-state index >= 15 is 0 Å². The van der Waals surface area contributed by atoms with E-state index in [1.807, 2.05) is 59.4 Å². The van der Waals surface area contributed by atoms with Crippen LogP contribution < -0.4 is 19.7 Å². The highest BCUT2D eigenvalue weighted by atomic mass is 16.7. The Bertz CT molecular complexity index is 1260.